The van der Waals surface area contributed by atoms with E-state index >= 15 is 0 Å². The van der Waals surface area contributed by atoms with Crippen LogP contribution in [0.4, 0.5) is 0 Å². The van der Waals surface area contributed by atoms with E-state index in [0.717, 1.165) is 11.3 Å². The van der Waals surface area contributed by atoms with Crippen molar-refractivity contribution in [2.45, 2.75) is 6.92 Å². The van der Waals surface area contributed by atoms with Crippen LogP contribution in [0.5, 0.6) is 0 Å². The van der Waals surface area contributed by atoms with Crippen LogP contribution in [-0.2, 0) is 0 Å². The number of aryl methyl sites for hydroxylation is 1. The maximum atomic E-state index is 10.6. The van der Waals surface area contributed by atoms with Crippen LogP contribution in [0.15, 0.2) is 36.4 Å². The molecule has 0 radical (unpaired) electrons. The van der Waals surface area contributed by atoms with E-state index in [1.165, 1.54) is 11.6 Å². The van der Waals surface area contributed by atoms with Gasteiger partial charge in [0, 0.05) is 5.69 Å². The summed E-state index contributed by atoms with van der Waals surface area (Å²) in [5.41, 5.74) is 3.03. The van der Waals surface area contributed by atoms with E-state index in [0.29, 0.717) is 0 Å². The van der Waals surface area contributed by atoms with Gasteiger partial charge in [-0.15, -0.1) is 0 Å². The Bertz CT molecular complexity index is 488. The van der Waals surface area contributed by atoms with Gasteiger partial charge in [0.25, 0.3) is 0 Å². The summed E-state index contributed by atoms with van der Waals surface area (Å²) >= 11 is 0. The smallest absolute Gasteiger partial charge is 0.543 e. The number of carbonyl (C=O) groups excluding carboxylic acids is 1. The minimum atomic E-state index is -1.19. The zero-order valence-corrected chi connectivity index (χ0v) is 11.3. The molecule has 0 aliphatic rings. The summed E-state index contributed by atoms with van der Waals surface area (Å²) in [6.07, 6.45) is 0. The monoisotopic (exact) mass is 223 g/mol. The van der Waals surface area contributed by atoms with Crippen molar-refractivity contribution in [3.8, 4) is 11.3 Å². The molecule has 0 bridgehead atoms. The van der Waals surface area contributed by atoms with E-state index < -0.39 is 5.97 Å². The fraction of sp³-hybridized carbons (Fsp3) is 0.0833. The Kier molecular flexibility index (Phi) is 4.35. The second-order valence-electron chi connectivity index (χ2n) is 3.44. The number of carbonyl (C=O) groups is 1. The molecule has 76 valence electrons. The molecule has 0 amide bonds. The van der Waals surface area contributed by atoms with Crippen LogP contribution in [0.1, 0.15) is 16.1 Å². The van der Waals surface area contributed by atoms with Gasteiger partial charge in [-0.2, -0.15) is 0 Å². The van der Waals surface area contributed by atoms with Crippen LogP contribution < -0.4 is 34.7 Å². The third-order valence-corrected chi connectivity index (χ3v) is 2.27. The quantitative estimate of drug-likeness (QED) is 0.621. The first-order valence-corrected chi connectivity index (χ1v) is 4.64. The van der Waals surface area contributed by atoms with Gasteiger partial charge in [0.2, 0.25) is 0 Å². The van der Waals surface area contributed by atoms with Gasteiger partial charge in [-0.3, -0.25) is 0 Å². The number of aromatic amines is 1. The maximum Gasteiger partial charge on any atom is 1.00 e. The van der Waals surface area contributed by atoms with Crippen molar-refractivity contribution in [1.29, 1.82) is 0 Å². The summed E-state index contributed by atoms with van der Waals surface area (Å²) in [5.74, 6) is -1.19. The largest absolute Gasteiger partial charge is 1.00 e. The molecule has 3 nitrogen and oxygen atoms in total. The average molecular weight is 223 g/mol. The Morgan fingerprint density at radius 3 is 2.25 bits per heavy atom. The number of aromatic carboxylic acids is 1. The van der Waals surface area contributed by atoms with Gasteiger partial charge in [0.15, 0.2) is 0 Å². The number of rotatable bonds is 2. The topological polar surface area (TPSA) is 55.9 Å². The molecule has 0 atom stereocenters. The molecule has 1 aromatic heterocycles. The predicted molar refractivity (Wildman–Crippen MR) is 55.3 cm³/mol. The average Bonchev–Trinajstić information content (AvgIpc) is 2.68. The number of hydrogen-bond acceptors (Lipinski definition) is 2. The number of benzene rings is 1. The van der Waals surface area contributed by atoms with Crippen LogP contribution in [0.3, 0.4) is 0 Å². The molecule has 4 heteroatoms. The fourth-order valence-corrected chi connectivity index (χ4v) is 1.42. The Morgan fingerprint density at radius 2 is 1.75 bits per heavy atom. The van der Waals surface area contributed by atoms with Gasteiger partial charge in [0.1, 0.15) is 0 Å². The Hall–Kier alpha value is -1.03. The molecule has 1 N–H and O–H groups in total. The minimum absolute atomic E-state index is 0. The van der Waals surface area contributed by atoms with Crippen LogP contribution in [0, 0.1) is 6.92 Å². The summed E-state index contributed by atoms with van der Waals surface area (Å²) in [6, 6.07) is 11.1. The molecule has 16 heavy (non-hydrogen) atoms. The molecular formula is C12H10NNaO2. The number of aromatic nitrogens is 1. The van der Waals surface area contributed by atoms with Crippen molar-refractivity contribution in [2.75, 3.05) is 0 Å². The van der Waals surface area contributed by atoms with Gasteiger partial charge in [-0.05, 0) is 24.6 Å². The molecule has 0 unspecified atom stereocenters. The maximum absolute atomic E-state index is 10.6. The number of H-pyrrole nitrogens is 1. The Morgan fingerprint density at radius 1 is 1.12 bits per heavy atom. The van der Waals surface area contributed by atoms with Crippen molar-refractivity contribution >= 4 is 5.97 Å². The van der Waals surface area contributed by atoms with Gasteiger partial charge in [-0.25, -0.2) is 0 Å². The molecule has 1 heterocycles. The Balaban J connectivity index is 0.00000128. The molecule has 2 aromatic rings. The normalized spacial score (nSPS) is 9.56. The minimum Gasteiger partial charge on any atom is -0.543 e. The molecular weight excluding hydrogens is 213 g/mol. The summed E-state index contributed by atoms with van der Waals surface area (Å²) in [6.45, 7) is 2.01. The molecule has 0 aliphatic carbocycles. The molecule has 0 spiro atoms. The zero-order chi connectivity index (χ0) is 10.8. The SMILES string of the molecule is Cc1ccc(-c2ccc(C(=O)[O-])[nH]2)cc1.[Na+]. The first kappa shape index (κ1) is 13.0. The second kappa shape index (κ2) is 5.34. The fourth-order valence-electron chi connectivity index (χ4n) is 1.42. The Labute approximate surface area is 116 Å². The van der Waals surface area contributed by atoms with Crippen LogP contribution >= 0.6 is 0 Å². The number of carboxylic acid groups (broad SMARTS) is 1. The van der Waals surface area contributed by atoms with E-state index in [2.05, 4.69) is 4.98 Å². The van der Waals surface area contributed by atoms with Crippen LogP contribution in [0.25, 0.3) is 11.3 Å². The molecule has 0 saturated heterocycles. The van der Waals surface area contributed by atoms with Crippen molar-refractivity contribution in [1.82, 2.24) is 4.98 Å². The van der Waals surface area contributed by atoms with E-state index in [4.69, 9.17) is 0 Å². The van der Waals surface area contributed by atoms with Crippen LogP contribution in [0.2, 0.25) is 0 Å². The van der Waals surface area contributed by atoms with Crippen molar-refractivity contribution < 1.29 is 39.5 Å². The summed E-state index contributed by atoms with van der Waals surface area (Å²) in [5, 5.41) is 10.6. The zero-order valence-electron chi connectivity index (χ0n) is 9.28. The molecule has 0 aliphatic heterocycles. The molecule has 2 rings (SSSR count). The van der Waals surface area contributed by atoms with Crippen LogP contribution in [-0.4, -0.2) is 11.0 Å². The van der Waals surface area contributed by atoms with Gasteiger partial charge < -0.3 is 14.9 Å². The third kappa shape index (κ3) is 2.76. The molecule has 0 saturated carbocycles. The first-order chi connectivity index (χ1) is 7.16. The van der Waals surface area contributed by atoms with E-state index in [1.807, 2.05) is 31.2 Å². The van der Waals surface area contributed by atoms with Gasteiger partial charge in [-0.1, -0.05) is 29.8 Å². The van der Waals surface area contributed by atoms with Gasteiger partial charge >= 0.3 is 29.6 Å². The number of carboxylic acids is 1. The summed E-state index contributed by atoms with van der Waals surface area (Å²) < 4.78 is 0. The van der Waals surface area contributed by atoms with E-state index in [1.54, 1.807) is 6.07 Å². The standard InChI is InChI=1S/C12H11NO2.Na/c1-8-2-4-9(5-3-8)10-6-7-11(13-10)12(14)15;/h2-7,13H,1H3,(H,14,15);/q;+1/p-1. The number of nitrogens with one attached hydrogen (secondary N) is 1. The van der Waals surface area contributed by atoms with Crippen molar-refractivity contribution in [3.63, 3.8) is 0 Å². The molecule has 0 fully saturated rings. The number of hydrogen-bond donors (Lipinski definition) is 1. The van der Waals surface area contributed by atoms with Gasteiger partial charge in [0.05, 0.1) is 11.7 Å². The molecule has 1 aromatic carbocycles. The van der Waals surface area contributed by atoms with E-state index in [9.17, 15) is 9.90 Å². The summed E-state index contributed by atoms with van der Waals surface area (Å²) in [7, 11) is 0. The predicted octanol–water partition coefficient (Wildman–Crippen LogP) is -1.64. The van der Waals surface area contributed by atoms with Crippen molar-refractivity contribution in [2.24, 2.45) is 0 Å². The van der Waals surface area contributed by atoms with E-state index in [-0.39, 0.29) is 35.3 Å². The third-order valence-electron chi connectivity index (χ3n) is 2.27. The van der Waals surface area contributed by atoms with Crippen molar-refractivity contribution in [3.05, 3.63) is 47.7 Å². The summed E-state index contributed by atoms with van der Waals surface area (Å²) in [4.78, 5) is 13.3. The second-order valence-corrected chi connectivity index (χ2v) is 3.44. The first-order valence-electron chi connectivity index (χ1n) is 4.64.